The number of ether oxygens (including phenoxy) is 2. The van der Waals surface area contributed by atoms with Crippen LogP contribution in [0.1, 0.15) is 18.1 Å². The zero-order valence-corrected chi connectivity index (χ0v) is 26.3. The van der Waals surface area contributed by atoms with Crippen molar-refractivity contribution < 1.29 is 26.7 Å². The van der Waals surface area contributed by atoms with Gasteiger partial charge in [-0.15, -0.1) is 0 Å². The van der Waals surface area contributed by atoms with Gasteiger partial charge in [0.15, 0.2) is 11.6 Å². The number of rotatable bonds is 11. The molecular formula is C31H36F2N2O5SSi. The molecule has 0 bridgehead atoms. The molecule has 3 aromatic rings. The van der Waals surface area contributed by atoms with Gasteiger partial charge >= 0.3 is 0 Å². The minimum absolute atomic E-state index is 0.132. The molecule has 42 heavy (non-hydrogen) atoms. The minimum Gasteiger partial charge on any atom is -0.454 e. The molecule has 1 N–H and O–H groups in total. The van der Waals surface area contributed by atoms with Crippen LogP contribution in [0, 0.1) is 11.6 Å². The first-order chi connectivity index (χ1) is 19.8. The number of sulfonamides is 1. The molecule has 0 saturated heterocycles. The van der Waals surface area contributed by atoms with Gasteiger partial charge in [0.05, 0.1) is 12.4 Å². The van der Waals surface area contributed by atoms with E-state index in [9.17, 15) is 22.0 Å². The fourth-order valence-electron chi connectivity index (χ4n) is 4.46. The van der Waals surface area contributed by atoms with Crippen molar-refractivity contribution in [3.63, 3.8) is 0 Å². The van der Waals surface area contributed by atoms with Gasteiger partial charge in [-0.1, -0.05) is 31.8 Å². The lowest BCUT2D eigenvalue weighted by molar-refractivity contribution is 0.168. The fraction of sp³-hybridized carbons (Fsp3) is 0.323. The quantitative estimate of drug-likeness (QED) is 0.191. The largest absolute Gasteiger partial charge is 0.454 e. The normalized spacial score (nSPS) is 13.4. The van der Waals surface area contributed by atoms with E-state index in [0.717, 1.165) is 23.7 Å². The van der Waals surface area contributed by atoms with Crippen LogP contribution in [-0.2, 0) is 28.2 Å². The number of hydrogen-bond donors (Lipinski definition) is 1. The highest BCUT2D eigenvalue weighted by Crippen LogP contribution is 2.40. The summed E-state index contributed by atoms with van der Waals surface area (Å²) >= 11 is 0. The first-order valence-corrected chi connectivity index (χ1v) is 19.1. The molecule has 0 radical (unpaired) electrons. The van der Waals surface area contributed by atoms with Crippen LogP contribution >= 0.6 is 0 Å². The monoisotopic (exact) mass is 614 g/mol. The maximum absolute atomic E-state index is 14.6. The fourth-order valence-corrected chi connectivity index (χ4v) is 5.84. The van der Waals surface area contributed by atoms with Gasteiger partial charge in [-0.05, 0) is 66.9 Å². The molecule has 0 aliphatic heterocycles. The molecule has 1 aromatic heterocycles. The van der Waals surface area contributed by atoms with E-state index in [-0.39, 0.29) is 28.5 Å². The van der Waals surface area contributed by atoms with Gasteiger partial charge in [0.25, 0.3) is 5.56 Å². The molecular weight excluding hydrogens is 578 g/mol. The molecule has 224 valence electrons. The number of nitrogens with one attached hydrogen (secondary N) is 1. The molecule has 0 amide bonds. The molecule has 4 rings (SSSR count). The van der Waals surface area contributed by atoms with E-state index < -0.39 is 29.7 Å². The molecule has 7 nitrogen and oxygen atoms in total. The number of pyridine rings is 1. The number of anilines is 1. The summed E-state index contributed by atoms with van der Waals surface area (Å²) in [5.74, 6) is -1.77. The number of aromatic nitrogens is 1. The van der Waals surface area contributed by atoms with Crippen molar-refractivity contribution in [2.75, 3.05) is 23.7 Å². The van der Waals surface area contributed by atoms with E-state index >= 15 is 0 Å². The van der Waals surface area contributed by atoms with Crippen molar-refractivity contribution in [2.45, 2.75) is 39.0 Å². The van der Waals surface area contributed by atoms with Crippen molar-refractivity contribution in [3.8, 4) is 22.6 Å². The Morgan fingerprint density at radius 2 is 1.79 bits per heavy atom. The summed E-state index contributed by atoms with van der Waals surface area (Å²) in [6.45, 7) is 9.42. The number of hydrogen-bond acceptors (Lipinski definition) is 5. The van der Waals surface area contributed by atoms with Gasteiger partial charge in [-0.25, -0.2) is 17.2 Å². The first kappa shape index (κ1) is 31.4. The smallest absolute Gasteiger partial charge is 0.257 e. The number of fused-ring (bicyclic) bond motifs is 1. The second-order valence-electron chi connectivity index (χ2n) is 11.5. The van der Waals surface area contributed by atoms with Crippen molar-refractivity contribution in [1.29, 1.82) is 0 Å². The van der Waals surface area contributed by atoms with Gasteiger partial charge in [-0.3, -0.25) is 9.52 Å². The Bertz CT molecular complexity index is 1710. The zero-order valence-electron chi connectivity index (χ0n) is 24.5. The summed E-state index contributed by atoms with van der Waals surface area (Å²) in [5.41, 5.74) is 3.24. The summed E-state index contributed by atoms with van der Waals surface area (Å²) in [5, 5.41) is 0. The number of halogens is 2. The molecule has 11 heteroatoms. The van der Waals surface area contributed by atoms with Crippen molar-refractivity contribution in [3.05, 3.63) is 93.4 Å². The van der Waals surface area contributed by atoms with E-state index in [1.807, 2.05) is 12.2 Å². The van der Waals surface area contributed by atoms with Crippen LogP contribution in [0.3, 0.4) is 0 Å². The van der Waals surface area contributed by atoms with Gasteiger partial charge < -0.3 is 14.0 Å². The number of nitrogens with zero attached hydrogens (tertiary/aromatic N) is 1. The van der Waals surface area contributed by atoms with Crippen LogP contribution < -0.4 is 15.0 Å². The highest BCUT2D eigenvalue weighted by Gasteiger charge is 2.22. The van der Waals surface area contributed by atoms with Crippen LogP contribution in [-0.4, -0.2) is 40.0 Å². The predicted molar refractivity (Wildman–Crippen MR) is 166 cm³/mol. The Kier molecular flexibility index (Phi) is 9.54. The average Bonchev–Trinajstić information content (AvgIpc) is 3.13. The van der Waals surface area contributed by atoms with Crippen molar-refractivity contribution in [1.82, 2.24) is 4.57 Å². The highest BCUT2D eigenvalue weighted by molar-refractivity contribution is 7.92. The van der Waals surface area contributed by atoms with Crippen LogP contribution in [0.2, 0.25) is 25.7 Å². The Morgan fingerprint density at radius 1 is 1.05 bits per heavy atom. The lowest BCUT2D eigenvalue weighted by Gasteiger charge is -2.20. The lowest BCUT2D eigenvalue weighted by atomic mass is 9.93. The summed E-state index contributed by atoms with van der Waals surface area (Å²) in [4.78, 5) is 13.2. The molecule has 0 atom stereocenters. The molecule has 2 aromatic carbocycles. The van der Waals surface area contributed by atoms with E-state index in [1.165, 1.54) is 29.7 Å². The van der Waals surface area contributed by atoms with Crippen LogP contribution in [0.25, 0.3) is 17.2 Å². The maximum atomic E-state index is 14.6. The highest BCUT2D eigenvalue weighted by atomic mass is 32.2. The third-order valence-electron chi connectivity index (χ3n) is 6.84. The third kappa shape index (κ3) is 7.84. The van der Waals surface area contributed by atoms with E-state index in [1.54, 1.807) is 25.4 Å². The van der Waals surface area contributed by atoms with Gasteiger partial charge in [0.2, 0.25) is 10.0 Å². The summed E-state index contributed by atoms with van der Waals surface area (Å²) in [7, 11) is -3.24. The molecule has 0 unspecified atom stereocenters. The van der Waals surface area contributed by atoms with Gasteiger partial charge in [-0.2, -0.15) is 0 Å². The minimum atomic E-state index is -3.61. The molecule has 0 fully saturated rings. The van der Waals surface area contributed by atoms with Crippen LogP contribution in [0.4, 0.5) is 14.5 Å². The summed E-state index contributed by atoms with van der Waals surface area (Å²) < 4.78 is 68.9. The number of aryl methyl sites for hydroxylation is 1. The van der Waals surface area contributed by atoms with Gasteiger partial charge in [0, 0.05) is 56.4 Å². The van der Waals surface area contributed by atoms with Gasteiger partial charge in [0.1, 0.15) is 11.6 Å². The maximum Gasteiger partial charge on any atom is 0.257 e. The van der Waals surface area contributed by atoms with Crippen LogP contribution in [0.5, 0.6) is 11.5 Å². The number of benzene rings is 2. The van der Waals surface area contributed by atoms with E-state index in [4.69, 9.17) is 9.47 Å². The Labute approximate surface area is 246 Å². The first-order valence-electron chi connectivity index (χ1n) is 13.7. The standard InChI is InChI=1S/C31H36F2N2O5SSi/c1-6-41(37,38)34-23-11-13-29(40-30-12-10-22(32)17-28(30)33)26(18-23)27-19-35(2)31(36)24-9-7-8-21(16-25(24)27)20-39-14-15-42(3,4)5/h7-13,17-19,34H,6,14-16,20H2,1-5H3. The van der Waals surface area contributed by atoms with Crippen molar-refractivity contribution in [2.24, 2.45) is 7.05 Å². The Hall–Kier alpha value is -3.54. The van der Waals surface area contributed by atoms with E-state index in [0.29, 0.717) is 41.9 Å². The summed E-state index contributed by atoms with van der Waals surface area (Å²) in [6.07, 6.45) is 7.57. The van der Waals surface area contributed by atoms with Crippen LogP contribution in [0.15, 0.2) is 65.1 Å². The summed E-state index contributed by atoms with van der Waals surface area (Å²) in [6, 6.07) is 8.64. The SMILES string of the molecule is CCS(=O)(=O)Nc1ccc(Oc2ccc(F)cc2F)c(-c2cn(C)c(=O)c3c2CC(COCC[Si](C)(C)C)=CC=C3)c1. The molecule has 0 saturated carbocycles. The molecule has 1 heterocycles. The molecule has 1 aliphatic carbocycles. The lowest BCUT2D eigenvalue weighted by Crippen LogP contribution is -2.22. The second-order valence-corrected chi connectivity index (χ2v) is 19.1. The molecule has 1 aliphatic rings. The predicted octanol–water partition coefficient (Wildman–Crippen LogP) is 6.73. The number of allylic oxidation sites excluding steroid dienone is 2. The average molecular weight is 615 g/mol. The van der Waals surface area contributed by atoms with E-state index in [2.05, 4.69) is 24.4 Å². The Balaban J connectivity index is 1.82. The Morgan fingerprint density at radius 3 is 2.48 bits per heavy atom. The third-order valence-corrected chi connectivity index (χ3v) is 9.85. The topological polar surface area (TPSA) is 86.6 Å². The molecule has 0 spiro atoms. The van der Waals surface area contributed by atoms with Crippen molar-refractivity contribution >= 4 is 29.9 Å². The zero-order chi connectivity index (χ0) is 30.7. The second kappa shape index (κ2) is 12.8.